The zero-order valence-corrected chi connectivity index (χ0v) is 19.5. The Bertz CT molecular complexity index is 1250. The fourth-order valence-electron chi connectivity index (χ4n) is 3.01. The van der Waals surface area contributed by atoms with E-state index in [1.54, 1.807) is 36.4 Å². The molecule has 0 heterocycles. The van der Waals surface area contributed by atoms with Gasteiger partial charge in [0.25, 0.3) is 5.91 Å². The molecule has 3 aromatic rings. The molecular weight excluding hydrogens is 471 g/mol. The summed E-state index contributed by atoms with van der Waals surface area (Å²) in [6.07, 6.45) is 0.431. The van der Waals surface area contributed by atoms with Crippen molar-refractivity contribution >= 4 is 33.2 Å². The van der Waals surface area contributed by atoms with Gasteiger partial charge in [-0.2, -0.15) is 0 Å². The van der Waals surface area contributed by atoms with Gasteiger partial charge in [0.2, 0.25) is 10.0 Å². The second-order valence-electron chi connectivity index (χ2n) is 6.94. The number of amides is 1. The van der Waals surface area contributed by atoms with Gasteiger partial charge < -0.3 is 14.8 Å². The van der Waals surface area contributed by atoms with Crippen LogP contribution in [0.2, 0.25) is 5.02 Å². The third kappa shape index (κ3) is 6.22. The van der Waals surface area contributed by atoms with Gasteiger partial charge in [-0.15, -0.1) is 0 Å². The lowest BCUT2D eigenvalue weighted by atomic mass is 10.2. The number of rotatable bonds is 9. The van der Waals surface area contributed by atoms with E-state index < -0.39 is 27.3 Å². The number of ether oxygens (including phenoxy) is 2. The summed E-state index contributed by atoms with van der Waals surface area (Å²) in [7, 11) is -1.10. The second-order valence-corrected chi connectivity index (χ2v) is 9.14. The van der Waals surface area contributed by atoms with E-state index in [0.29, 0.717) is 22.9 Å². The quantitative estimate of drug-likeness (QED) is 0.465. The largest absolute Gasteiger partial charge is 0.497 e. The Hall–Kier alpha value is -3.14. The van der Waals surface area contributed by atoms with Crippen molar-refractivity contribution in [2.45, 2.75) is 11.3 Å². The van der Waals surface area contributed by atoms with Gasteiger partial charge in [0.05, 0.1) is 30.4 Å². The molecular formula is C23H22ClFN2O5S. The minimum absolute atomic E-state index is 0.115. The Balaban J connectivity index is 1.76. The highest BCUT2D eigenvalue weighted by atomic mass is 35.5. The standard InChI is InChI=1S/C23H22ClFN2O5S/c1-31-17-7-10-22(32-2)21(13-17)27-23(28)19-14-18(8-9-20(19)25)33(29,30)26-12-11-15-3-5-16(24)6-4-15/h3-10,13-14,26H,11-12H2,1-2H3,(H,27,28). The molecule has 0 aromatic heterocycles. The fourth-order valence-corrected chi connectivity index (χ4v) is 4.19. The number of anilines is 1. The van der Waals surface area contributed by atoms with Crippen LogP contribution in [-0.2, 0) is 16.4 Å². The van der Waals surface area contributed by atoms with Crippen LogP contribution in [0.25, 0.3) is 0 Å². The van der Waals surface area contributed by atoms with E-state index in [1.165, 1.54) is 20.3 Å². The zero-order valence-electron chi connectivity index (χ0n) is 17.9. The monoisotopic (exact) mass is 492 g/mol. The third-order valence-electron chi connectivity index (χ3n) is 4.77. The topological polar surface area (TPSA) is 93.7 Å². The van der Waals surface area contributed by atoms with Gasteiger partial charge in [0, 0.05) is 17.6 Å². The van der Waals surface area contributed by atoms with Crippen molar-refractivity contribution < 1.29 is 27.1 Å². The van der Waals surface area contributed by atoms with Gasteiger partial charge in [-0.1, -0.05) is 23.7 Å². The predicted octanol–water partition coefficient (Wildman–Crippen LogP) is 4.27. The number of nitrogens with one attached hydrogen (secondary N) is 2. The molecule has 7 nitrogen and oxygen atoms in total. The van der Waals surface area contributed by atoms with Crippen LogP contribution in [0.3, 0.4) is 0 Å². The van der Waals surface area contributed by atoms with Crippen molar-refractivity contribution in [3.05, 3.63) is 82.6 Å². The lowest BCUT2D eigenvalue weighted by molar-refractivity contribution is 0.102. The highest BCUT2D eigenvalue weighted by Crippen LogP contribution is 2.29. The van der Waals surface area contributed by atoms with Crippen molar-refractivity contribution in [1.29, 1.82) is 0 Å². The van der Waals surface area contributed by atoms with Crippen molar-refractivity contribution in [2.75, 3.05) is 26.1 Å². The molecule has 174 valence electrons. The van der Waals surface area contributed by atoms with E-state index in [0.717, 1.165) is 23.8 Å². The molecule has 0 aliphatic rings. The van der Waals surface area contributed by atoms with Crippen LogP contribution >= 0.6 is 11.6 Å². The number of sulfonamides is 1. The van der Waals surface area contributed by atoms with Crippen LogP contribution in [-0.4, -0.2) is 35.1 Å². The Kier molecular flexibility index (Phi) is 7.91. The average Bonchev–Trinajstić information content (AvgIpc) is 2.80. The molecule has 0 atom stereocenters. The van der Waals surface area contributed by atoms with Crippen LogP contribution in [0.5, 0.6) is 11.5 Å². The summed E-state index contributed by atoms with van der Waals surface area (Å²) in [5.74, 6) is -0.920. The lowest BCUT2D eigenvalue weighted by Gasteiger charge is -2.13. The minimum Gasteiger partial charge on any atom is -0.497 e. The maximum absolute atomic E-state index is 14.4. The van der Waals surface area contributed by atoms with Crippen LogP contribution in [0.15, 0.2) is 65.6 Å². The van der Waals surface area contributed by atoms with Gasteiger partial charge in [0.1, 0.15) is 17.3 Å². The molecule has 0 aliphatic carbocycles. The van der Waals surface area contributed by atoms with E-state index in [-0.39, 0.29) is 17.1 Å². The minimum atomic E-state index is -3.98. The zero-order chi connectivity index (χ0) is 24.0. The van der Waals surface area contributed by atoms with Crippen molar-refractivity contribution in [3.8, 4) is 11.5 Å². The maximum Gasteiger partial charge on any atom is 0.258 e. The average molecular weight is 493 g/mol. The molecule has 2 N–H and O–H groups in total. The molecule has 10 heteroatoms. The smallest absolute Gasteiger partial charge is 0.258 e. The van der Waals surface area contributed by atoms with Gasteiger partial charge in [-0.25, -0.2) is 17.5 Å². The molecule has 0 bridgehead atoms. The predicted molar refractivity (Wildman–Crippen MR) is 124 cm³/mol. The Morgan fingerprint density at radius 3 is 2.39 bits per heavy atom. The maximum atomic E-state index is 14.4. The molecule has 33 heavy (non-hydrogen) atoms. The van der Waals surface area contributed by atoms with Crippen LogP contribution in [0.1, 0.15) is 15.9 Å². The second kappa shape index (κ2) is 10.7. The number of methoxy groups -OCH3 is 2. The molecule has 0 radical (unpaired) electrons. The van der Waals surface area contributed by atoms with E-state index in [1.807, 2.05) is 0 Å². The first-order chi connectivity index (χ1) is 15.7. The lowest BCUT2D eigenvalue weighted by Crippen LogP contribution is -2.26. The summed E-state index contributed by atoms with van der Waals surface area (Å²) >= 11 is 5.85. The summed E-state index contributed by atoms with van der Waals surface area (Å²) in [6, 6.07) is 14.8. The molecule has 0 fully saturated rings. The molecule has 3 aromatic carbocycles. The Morgan fingerprint density at radius 2 is 1.73 bits per heavy atom. The molecule has 0 spiro atoms. The van der Waals surface area contributed by atoms with Crippen molar-refractivity contribution in [3.63, 3.8) is 0 Å². The molecule has 1 amide bonds. The molecule has 0 aliphatic heterocycles. The number of carbonyl (C=O) groups is 1. The summed E-state index contributed by atoms with van der Waals surface area (Å²) < 4.78 is 52.6. The van der Waals surface area contributed by atoms with Crippen LogP contribution in [0, 0.1) is 5.82 Å². The van der Waals surface area contributed by atoms with E-state index in [2.05, 4.69) is 10.0 Å². The van der Waals surface area contributed by atoms with Gasteiger partial charge in [-0.3, -0.25) is 4.79 Å². The highest BCUT2D eigenvalue weighted by molar-refractivity contribution is 7.89. The first-order valence-electron chi connectivity index (χ1n) is 9.80. The molecule has 0 saturated heterocycles. The van der Waals surface area contributed by atoms with E-state index in [9.17, 15) is 17.6 Å². The summed E-state index contributed by atoms with van der Waals surface area (Å²) in [5.41, 5.74) is 0.713. The van der Waals surface area contributed by atoms with Gasteiger partial charge in [0.15, 0.2) is 0 Å². The number of benzene rings is 3. The molecule has 0 unspecified atom stereocenters. The highest BCUT2D eigenvalue weighted by Gasteiger charge is 2.20. The summed E-state index contributed by atoms with van der Waals surface area (Å²) in [4.78, 5) is 12.5. The third-order valence-corrected chi connectivity index (χ3v) is 6.48. The summed E-state index contributed by atoms with van der Waals surface area (Å²) in [5, 5.41) is 3.12. The van der Waals surface area contributed by atoms with Crippen molar-refractivity contribution in [2.24, 2.45) is 0 Å². The molecule has 3 rings (SSSR count). The van der Waals surface area contributed by atoms with Crippen LogP contribution in [0.4, 0.5) is 10.1 Å². The number of carbonyl (C=O) groups excluding carboxylic acids is 1. The normalized spacial score (nSPS) is 11.2. The SMILES string of the molecule is COc1ccc(OC)c(NC(=O)c2cc(S(=O)(=O)NCCc3ccc(Cl)cc3)ccc2F)c1. The summed E-state index contributed by atoms with van der Waals surface area (Å²) in [6.45, 7) is 0.115. The van der Waals surface area contributed by atoms with Gasteiger partial charge in [-0.05, 0) is 54.4 Å². The first-order valence-corrected chi connectivity index (χ1v) is 11.7. The fraction of sp³-hybridized carbons (Fsp3) is 0.174. The van der Waals surface area contributed by atoms with E-state index in [4.69, 9.17) is 21.1 Å². The molecule has 0 saturated carbocycles. The Labute approximate surface area is 196 Å². The van der Waals surface area contributed by atoms with Crippen LogP contribution < -0.4 is 19.5 Å². The number of hydrogen-bond donors (Lipinski definition) is 2. The number of halogens is 2. The van der Waals surface area contributed by atoms with Gasteiger partial charge >= 0.3 is 0 Å². The number of hydrogen-bond acceptors (Lipinski definition) is 5. The van der Waals surface area contributed by atoms with E-state index >= 15 is 0 Å². The Morgan fingerprint density at radius 1 is 1.00 bits per heavy atom. The first kappa shape index (κ1) is 24.5. The van der Waals surface area contributed by atoms with Crippen molar-refractivity contribution in [1.82, 2.24) is 4.72 Å².